The summed E-state index contributed by atoms with van der Waals surface area (Å²) in [5.41, 5.74) is 2.73. The summed E-state index contributed by atoms with van der Waals surface area (Å²) in [5, 5.41) is 6.51. The molecule has 20 heavy (non-hydrogen) atoms. The van der Waals surface area contributed by atoms with Crippen molar-refractivity contribution >= 4 is 22.9 Å². The van der Waals surface area contributed by atoms with Crippen LogP contribution in [0.25, 0.3) is 0 Å². The average Bonchev–Trinajstić information content (AvgIpc) is 2.95. The third kappa shape index (κ3) is 2.76. The molecular formula is C16H19ClN2S. The SMILES string of the molecule is CNC(Cc1ccncc1Cl)C1CCCc2sccc21. The second kappa shape index (κ2) is 6.25. The molecule has 0 aromatic carbocycles. The molecule has 0 aliphatic heterocycles. The Hall–Kier alpha value is -0.900. The molecule has 1 aliphatic carbocycles. The van der Waals surface area contributed by atoms with Crippen LogP contribution in [0.15, 0.2) is 29.9 Å². The summed E-state index contributed by atoms with van der Waals surface area (Å²) in [6.45, 7) is 0. The summed E-state index contributed by atoms with van der Waals surface area (Å²) in [6, 6.07) is 4.77. The van der Waals surface area contributed by atoms with Gasteiger partial charge in [-0.15, -0.1) is 11.3 Å². The van der Waals surface area contributed by atoms with E-state index >= 15 is 0 Å². The van der Waals surface area contributed by atoms with Gasteiger partial charge >= 0.3 is 0 Å². The highest BCUT2D eigenvalue weighted by atomic mass is 35.5. The van der Waals surface area contributed by atoms with E-state index < -0.39 is 0 Å². The maximum absolute atomic E-state index is 6.26. The van der Waals surface area contributed by atoms with Crippen LogP contribution in [0.4, 0.5) is 0 Å². The summed E-state index contributed by atoms with van der Waals surface area (Å²) in [6.07, 6.45) is 8.32. The van der Waals surface area contributed by atoms with Crippen LogP contribution in [0.5, 0.6) is 0 Å². The van der Waals surface area contributed by atoms with E-state index in [0.29, 0.717) is 12.0 Å². The number of aryl methyl sites for hydroxylation is 1. The van der Waals surface area contributed by atoms with Crippen LogP contribution in [0.1, 0.15) is 34.8 Å². The Balaban J connectivity index is 1.83. The standard InChI is InChI=1S/C16H19ClN2S/c1-18-15(9-11-5-7-19-10-14(11)17)12-3-2-4-16-13(12)6-8-20-16/h5-8,10,12,15,18H,2-4,9H2,1H3. The van der Waals surface area contributed by atoms with Crippen LogP contribution >= 0.6 is 22.9 Å². The number of fused-ring (bicyclic) bond motifs is 1. The summed E-state index contributed by atoms with van der Waals surface area (Å²) in [7, 11) is 2.06. The van der Waals surface area contributed by atoms with Gasteiger partial charge in [-0.05, 0) is 61.4 Å². The molecule has 4 heteroatoms. The molecule has 2 heterocycles. The molecule has 2 aromatic heterocycles. The molecule has 0 bridgehead atoms. The summed E-state index contributed by atoms with van der Waals surface area (Å²) in [4.78, 5) is 5.64. The second-order valence-corrected chi connectivity index (χ2v) is 6.77. The van der Waals surface area contributed by atoms with Gasteiger partial charge in [-0.25, -0.2) is 0 Å². The highest BCUT2D eigenvalue weighted by Gasteiger charge is 2.28. The normalized spacial score (nSPS) is 19.6. The number of nitrogens with one attached hydrogen (secondary N) is 1. The molecular weight excluding hydrogens is 288 g/mol. The first kappa shape index (κ1) is 14.1. The average molecular weight is 307 g/mol. The first-order chi connectivity index (χ1) is 9.79. The topological polar surface area (TPSA) is 24.9 Å². The minimum Gasteiger partial charge on any atom is -0.316 e. The molecule has 0 fully saturated rings. The van der Waals surface area contributed by atoms with Gasteiger partial charge in [-0.3, -0.25) is 4.98 Å². The lowest BCUT2D eigenvalue weighted by atomic mass is 9.80. The zero-order chi connectivity index (χ0) is 13.9. The van der Waals surface area contributed by atoms with E-state index in [0.717, 1.165) is 11.4 Å². The first-order valence-corrected chi connectivity index (χ1v) is 8.37. The van der Waals surface area contributed by atoms with Gasteiger partial charge in [0.1, 0.15) is 0 Å². The number of thiophene rings is 1. The molecule has 0 saturated heterocycles. The van der Waals surface area contributed by atoms with Crippen molar-refractivity contribution < 1.29 is 0 Å². The van der Waals surface area contributed by atoms with Crippen molar-refractivity contribution in [3.8, 4) is 0 Å². The number of nitrogens with zero attached hydrogens (tertiary/aromatic N) is 1. The van der Waals surface area contributed by atoms with Crippen molar-refractivity contribution in [3.63, 3.8) is 0 Å². The third-order valence-electron chi connectivity index (χ3n) is 4.25. The number of hydrogen-bond acceptors (Lipinski definition) is 3. The molecule has 2 atom stereocenters. The van der Waals surface area contributed by atoms with E-state index in [1.165, 1.54) is 24.8 Å². The Morgan fingerprint density at radius 3 is 3.20 bits per heavy atom. The molecule has 0 spiro atoms. The maximum Gasteiger partial charge on any atom is 0.0621 e. The van der Waals surface area contributed by atoms with E-state index in [1.54, 1.807) is 16.6 Å². The monoisotopic (exact) mass is 306 g/mol. The largest absolute Gasteiger partial charge is 0.316 e. The van der Waals surface area contributed by atoms with Gasteiger partial charge in [0, 0.05) is 29.2 Å². The van der Waals surface area contributed by atoms with Gasteiger partial charge in [-0.2, -0.15) is 0 Å². The maximum atomic E-state index is 6.26. The fourth-order valence-electron chi connectivity index (χ4n) is 3.19. The van der Waals surface area contributed by atoms with E-state index in [2.05, 4.69) is 28.8 Å². The van der Waals surface area contributed by atoms with Crippen LogP contribution in [-0.2, 0) is 12.8 Å². The minimum atomic E-state index is 0.434. The number of halogens is 1. The van der Waals surface area contributed by atoms with Crippen molar-refractivity contribution in [3.05, 3.63) is 50.9 Å². The van der Waals surface area contributed by atoms with Crippen LogP contribution in [0.2, 0.25) is 5.02 Å². The number of rotatable bonds is 4. The van der Waals surface area contributed by atoms with Crippen molar-refractivity contribution in [1.29, 1.82) is 0 Å². The predicted molar refractivity (Wildman–Crippen MR) is 85.8 cm³/mol. The molecule has 2 nitrogen and oxygen atoms in total. The fourth-order valence-corrected chi connectivity index (χ4v) is 4.39. The summed E-state index contributed by atoms with van der Waals surface area (Å²) < 4.78 is 0. The zero-order valence-corrected chi connectivity index (χ0v) is 13.2. The quantitative estimate of drug-likeness (QED) is 0.922. The molecule has 2 unspecified atom stereocenters. The highest BCUT2D eigenvalue weighted by molar-refractivity contribution is 7.10. The van der Waals surface area contributed by atoms with Crippen LogP contribution in [0, 0.1) is 0 Å². The Morgan fingerprint density at radius 2 is 2.40 bits per heavy atom. The van der Waals surface area contributed by atoms with Crippen molar-refractivity contribution in [1.82, 2.24) is 10.3 Å². The molecule has 1 N–H and O–H groups in total. The number of hydrogen-bond donors (Lipinski definition) is 1. The number of pyridine rings is 1. The van der Waals surface area contributed by atoms with E-state index in [1.807, 2.05) is 23.6 Å². The van der Waals surface area contributed by atoms with Gasteiger partial charge in [0.15, 0.2) is 0 Å². The molecule has 1 aliphatic rings. The van der Waals surface area contributed by atoms with Crippen LogP contribution in [-0.4, -0.2) is 18.1 Å². The second-order valence-electron chi connectivity index (χ2n) is 5.36. The Labute approximate surface area is 129 Å². The third-order valence-corrected chi connectivity index (χ3v) is 5.59. The van der Waals surface area contributed by atoms with Crippen molar-refractivity contribution in [2.45, 2.75) is 37.6 Å². The van der Waals surface area contributed by atoms with Crippen molar-refractivity contribution in [2.24, 2.45) is 0 Å². The van der Waals surface area contributed by atoms with Crippen LogP contribution in [0.3, 0.4) is 0 Å². The van der Waals surface area contributed by atoms with Gasteiger partial charge in [0.2, 0.25) is 0 Å². The Kier molecular flexibility index (Phi) is 4.39. The molecule has 0 amide bonds. The Morgan fingerprint density at radius 1 is 1.50 bits per heavy atom. The van der Waals surface area contributed by atoms with Gasteiger partial charge in [0.05, 0.1) is 5.02 Å². The molecule has 3 rings (SSSR count). The molecule has 0 saturated carbocycles. The minimum absolute atomic E-state index is 0.434. The smallest absolute Gasteiger partial charge is 0.0621 e. The first-order valence-electron chi connectivity index (χ1n) is 7.11. The summed E-state index contributed by atoms with van der Waals surface area (Å²) >= 11 is 8.16. The lowest BCUT2D eigenvalue weighted by molar-refractivity contribution is 0.414. The highest BCUT2D eigenvalue weighted by Crippen LogP contribution is 2.38. The van der Waals surface area contributed by atoms with Crippen LogP contribution < -0.4 is 5.32 Å². The number of likely N-dealkylation sites (N-methyl/N-ethyl adjacent to an activating group) is 1. The van der Waals surface area contributed by atoms with E-state index in [-0.39, 0.29) is 0 Å². The molecule has 106 valence electrons. The lowest BCUT2D eigenvalue weighted by Gasteiger charge is -2.31. The van der Waals surface area contributed by atoms with Gasteiger partial charge < -0.3 is 5.32 Å². The predicted octanol–water partition coefficient (Wildman–Crippen LogP) is 4.05. The molecule has 0 radical (unpaired) electrons. The van der Waals surface area contributed by atoms with Crippen molar-refractivity contribution in [2.75, 3.05) is 7.05 Å². The van der Waals surface area contributed by atoms with Gasteiger partial charge in [0.25, 0.3) is 0 Å². The van der Waals surface area contributed by atoms with E-state index in [9.17, 15) is 0 Å². The molecule has 2 aromatic rings. The van der Waals surface area contributed by atoms with E-state index in [4.69, 9.17) is 11.6 Å². The lowest BCUT2D eigenvalue weighted by Crippen LogP contribution is -2.35. The Bertz CT molecular complexity index is 581. The number of aromatic nitrogens is 1. The van der Waals surface area contributed by atoms with Gasteiger partial charge in [-0.1, -0.05) is 11.6 Å². The fraction of sp³-hybridized carbons (Fsp3) is 0.438. The summed E-state index contributed by atoms with van der Waals surface area (Å²) in [5.74, 6) is 0.597. The zero-order valence-electron chi connectivity index (χ0n) is 11.6.